The SMILES string of the molecule is CCCNC(=O)C(C)N(Cc1cccc(Cl)c1)C(=O)CN(c1ccc(OCC)cc1)S(=O)(=O)c1ccc(OC)c(OC)c1. The first kappa shape index (κ1) is 33.5. The molecule has 0 saturated heterocycles. The highest BCUT2D eigenvalue weighted by Gasteiger charge is 2.33. The van der Waals surface area contributed by atoms with Gasteiger partial charge in [0.05, 0.1) is 31.4 Å². The monoisotopic (exact) mass is 631 g/mol. The number of carbonyl (C=O) groups excluding carboxylic acids is 2. The third kappa shape index (κ3) is 8.55. The van der Waals surface area contributed by atoms with Gasteiger partial charge in [0.1, 0.15) is 18.3 Å². The quantitative estimate of drug-likeness (QED) is 0.254. The molecule has 1 atom stereocenters. The van der Waals surface area contributed by atoms with E-state index < -0.39 is 28.5 Å². The van der Waals surface area contributed by atoms with E-state index in [1.807, 2.05) is 13.8 Å². The predicted octanol–water partition coefficient (Wildman–Crippen LogP) is 4.89. The summed E-state index contributed by atoms with van der Waals surface area (Å²) < 4.78 is 45.4. The number of hydrogen-bond donors (Lipinski definition) is 1. The molecule has 0 saturated carbocycles. The Bertz CT molecular complexity index is 1500. The number of nitrogens with zero attached hydrogens (tertiary/aromatic N) is 2. The van der Waals surface area contributed by atoms with Crippen molar-refractivity contribution in [1.29, 1.82) is 0 Å². The molecule has 0 aromatic heterocycles. The van der Waals surface area contributed by atoms with Crippen LogP contribution in [0.1, 0.15) is 32.8 Å². The molecule has 10 nitrogen and oxygen atoms in total. The highest BCUT2D eigenvalue weighted by molar-refractivity contribution is 7.92. The van der Waals surface area contributed by atoms with Crippen LogP contribution in [0.4, 0.5) is 5.69 Å². The molecule has 0 aliphatic rings. The molecule has 3 aromatic rings. The van der Waals surface area contributed by atoms with Gasteiger partial charge in [-0.15, -0.1) is 0 Å². The highest BCUT2D eigenvalue weighted by atomic mass is 35.5. The maximum absolute atomic E-state index is 14.1. The lowest BCUT2D eigenvalue weighted by Gasteiger charge is -2.32. The average Bonchev–Trinajstić information content (AvgIpc) is 3.01. The smallest absolute Gasteiger partial charge is 0.264 e. The highest BCUT2D eigenvalue weighted by Crippen LogP contribution is 2.33. The summed E-state index contributed by atoms with van der Waals surface area (Å²) in [7, 11) is -1.47. The fraction of sp³-hybridized carbons (Fsp3) is 0.355. The minimum absolute atomic E-state index is 0.0353. The number of halogens is 1. The first-order valence-corrected chi connectivity index (χ1v) is 15.7. The van der Waals surface area contributed by atoms with Gasteiger partial charge in [0.15, 0.2) is 11.5 Å². The Labute approximate surface area is 258 Å². The van der Waals surface area contributed by atoms with Crippen molar-refractivity contribution >= 4 is 39.1 Å². The second-order valence-electron chi connectivity index (χ2n) is 9.57. The molecule has 0 aliphatic heterocycles. The summed E-state index contributed by atoms with van der Waals surface area (Å²) in [6.07, 6.45) is 0.718. The number of sulfonamides is 1. The van der Waals surface area contributed by atoms with Gasteiger partial charge in [-0.25, -0.2) is 8.42 Å². The van der Waals surface area contributed by atoms with Gasteiger partial charge in [0.25, 0.3) is 10.0 Å². The van der Waals surface area contributed by atoms with Gasteiger partial charge in [-0.1, -0.05) is 30.7 Å². The third-order valence-electron chi connectivity index (χ3n) is 6.62. The molecule has 3 aromatic carbocycles. The van der Waals surface area contributed by atoms with E-state index in [0.29, 0.717) is 35.2 Å². The lowest BCUT2D eigenvalue weighted by atomic mass is 10.1. The predicted molar refractivity (Wildman–Crippen MR) is 166 cm³/mol. The second-order valence-corrected chi connectivity index (χ2v) is 11.9. The van der Waals surface area contributed by atoms with Gasteiger partial charge < -0.3 is 24.4 Å². The topological polar surface area (TPSA) is 114 Å². The van der Waals surface area contributed by atoms with Crippen LogP contribution >= 0.6 is 11.6 Å². The van der Waals surface area contributed by atoms with Crippen LogP contribution in [0.25, 0.3) is 0 Å². The van der Waals surface area contributed by atoms with Crippen LogP contribution in [0.15, 0.2) is 71.6 Å². The summed E-state index contributed by atoms with van der Waals surface area (Å²) in [5.41, 5.74) is 0.920. The van der Waals surface area contributed by atoms with Crippen LogP contribution in [-0.2, 0) is 26.2 Å². The Morgan fingerprint density at radius 2 is 1.65 bits per heavy atom. The molecule has 0 heterocycles. The minimum Gasteiger partial charge on any atom is -0.494 e. The zero-order valence-electron chi connectivity index (χ0n) is 25.0. The first-order chi connectivity index (χ1) is 20.5. The van der Waals surface area contributed by atoms with E-state index in [2.05, 4.69) is 5.32 Å². The Balaban J connectivity index is 2.07. The Kier molecular flexibility index (Phi) is 12.1. The Hall–Kier alpha value is -3.96. The van der Waals surface area contributed by atoms with Gasteiger partial charge >= 0.3 is 0 Å². The van der Waals surface area contributed by atoms with Crippen molar-refractivity contribution in [3.8, 4) is 17.2 Å². The van der Waals surface area contributed by atoms with Crippen LogP contribution in [0.2, 0.25) is 5.02 Å². The molecular weight excluding hydrogens is 594 g/mol. The summed E-state index contributed by atoms with van der Waals surface area (Å²) in [6, 6.07) is 16.6. The van der Waals surface area contributed by atoms with Crippen molar-refractivity contribution in [1.82, 2.24) is 10.2 Å². The Morgan fingerprint density at radius 3 is 2.26 bits per heavy atom. The van der Waals surface area contributed by atoms with Crippen molar-refractivity contribution in [2.45, 2.75) is 44.7 Å². The molecule has 2 amide bonds. The fourth-order valence-electron chi connectivity index (χ4n) is 4.32. The number of amides is 2. The molecular formula is C31H38ClN3O7S. The molecule has 1 unspecified atom stereocenters. The van der Waals surface area contributed by atoms with Crippen molar-refractivity contribution in [3.05, 3.63) is 77.3 Å². The number of benzene rings is 3. The van der Waals surface area contributed by atoms with E-state index >= 15 is 0 Å². The third-order valence-corrected chi connectivity index (χ3v) is 8.62. The average molecular weight is 632 g/mol. The van der Waals surface area contributed by atoms with Gasteiger partial charge in [-0.3, -0.25) is 13.9 Å². The molecule has 0 fully saturated rings. The summed E-state index contributed by atoms with van der Waals surface area (Å²) >= 11 is 6.19. The van der Waals surface area contributed by atoms with Crippen LogP contribution in [0, 0.1) is 0 Å². The second kappa shape index (κ2) is 15.5. The zero-order valence-corrected chi connectivity index (χ0v) is 26.6. The van der Waals surface area contributed by atoms with Crippen molar-refractivity contribution in [2.24, 2.45) is 0 Å². The molecule has 0 aliphatic carbocycles. The van der Waals surface area contributed by atoms with E-state index in [1.54, 1.807) is 55.5 Å². The lowest BCUT2D eigenvalue weighted by molar-refractivity contribution is -0.139. The van der Waals surface area contributed by atoms with Crippen LogP contribution < -0.4 is 23.8 Å². The summed E-state index contributed by atoms with van der Waals surface area (Å²) in [4.78, 5) is 28.3. The summed E-state index contributed by atoms with van der Waals surface area (Å²) in [5.74, 6) is 0.171. The number of ether oxygens (including phenoxy) is 3. The molecule has 43 heavy (non-hydrogen) atoms. The first-order valence-electron chi connectivity index (χ1n) is 13.8. The standard InChI is InChI=1S/C31H38ClN3O7S/c1-6-17-33-31(37)22(3)34(20-23-9-8-10-24(32)18-23)30(36)21-35(25-11-13-26(14-12-25)42-7-2)43(38,39)27-15-16-28(40-4)29(19-27)41-5/h8-16,18-19,22H,6-7,17,20-21H2,1-5H3,(H,33,37). The molecule has 3 rings (SSSR count). The molecule has 0 bridgehead atoms. The van der Waals surface area contributed by atoms with Gasteiger partial charge in [-0.05, 0) is 74.4 Å². The largest absolute Gasteiger partial charge is 0.494 e. The van der Waals surface area contributed by atoms with Crippen LogP contribution in [0.5, 0.6) is 17.2 Å². The number of methoxy groups -OCH3 is 2. The molecule has 0 radical (unpaired) electrons. The number of carbonyl (C=O) groups is 2. The Morgan fingerprint density at radius 1 is 0.953 bits per heavy atom. The van der Waals surface area contributed by atoms with Crippen LogP contribution in [0.3, 0.4) is 0 Å². The van der Waals surface area contributed by atoms with Crippen LogP contribution in [-0.4, -0.2) is 65.1 Å². The summed E-state index contributed by atoms with van der Waals surface area (Å²) in [6.45, 7) is 5.69. The number of nitrogens with one attached hydrogen (secondary N) is 1. The van der Waals surface area contributed by atoms with Crippen molar-refractivity contribution in [3.63, 3.8) is 0 Å². The van der Waals surface area contributed by atoms with E-state index in [4.69, 9.17) is 25.8 Å². The lowest BCUT2D eigenvalue weighted by Crippen LogP contribution is -2.51. The van der Waals surface area contributed by atoms with Gasteiger partial charge in [0.2, 0.25) is 11.8 Å². The zero-order chi connectivity index (χ0) is 31.6. The maximum atomic E-state index is 14.1. The van der Waals surface area contributed by atoms with Gasteiger partial charge in [-0.2, -0.15) is 0 Å². The summed E-state index contributed by atoms with van der Waals surface area (Å²) in [5, 5.41) is 3.29. The van der Waals surface area contributed by atoms with E-state index in [1.165, 1.54) is 37.3 Å². The molecule has 12 heteroatoms. The van der Waals surface area contributed by atoms with Crippen molar-refractivity contribution in [2.75, 3.05) is 38.2 Å². The maximum Gasteiger partial charge on any atom is 0.264 e. The van der Waals surface area contributed by atoms with E-state index in [0.717, 1.165) is 10.7 Å². The van der Waals surface area contributed by atoms with E-state index in [9.17, 15) is 18.0 Å². The fourth-order valence-corrected chi connectivity index (χ4v) is 5.96. The van der Waals surface area contributed by atoms with Gasteiger partial charge in [0, 0.05) is 24.2 Å². The molecule has 1 N–H and O–H groups in total. The number of rotatable bonds is 15. The normalized spacial score (nSPS) is 11.8. The minimum atomic E-state index is -4.32. The van der Waals surface area contributed by atoms with E-state index in [-0.39, 0.29) is 28.8 Å². The number of hydrogen-bond acceptors (Lipinski definition) is 7. The molecule has 0 spiro atoms. The molecule has 232 valence electrons. The van der Waals surface area contributed by atoms with Crippen molar-refractivity contribution < 1.29 is 32.2 Å². The number of anilines is 1.